The van der Waals surface area contributed by atoms with E-state index < -0.39 is 0 Å². The number of ether oxygens (including phenoxy) is 2. The fourth-order valence-corrected chi connectivity index (χ4v) is 3.57. The molecular weight excluding hydrogens is 379 g/mol. The lowest BCUT2D eigenvalue weighted by Gasteiger charge is -2.19. The Morgan fingerprint density at radius 1 is 0.933 bits per heavy atom. The van der Waals surface area contributed by atoms with Gasteiger partial charge in [-0.15, -0.1) is 0 Å². The average Bonchev–Trinajstić information content (AvgIpc) is 3.30. The van der Waals surface area contributed by atoms with Gasteiger partial charge in [-0.2, -0.15) is 0 Å². The molecule has 0 aromatic heterocycles. The van der Waals surface area contributed by atoms with Gasteiger partial charge in [0.15, 0.2) is 0 Å². The SMILES string of the molecule is COc1cccc(Oc2ccc(N=Cc3cc(F)c(N4CCCC4)cc3C)cc2)c1. The van der Waals surface area contributed by atoms with Crippen LogP contribution in [0.1, 0.15) is 24.0 Å². The number of halogens is 1. The third kappa shape index (κ3) is 4.62. The first kappa shape index (κ1) is 20.0. The molecule has 0 bridgehead atoms. The van der Waals surface area contributed by atoms with Gasteiger partial charge in [0, 0.05) is 25.4 Å². The molecule has 154 valence electrons. The maximum absolute atomic E-state index is 14.6. The molecule has 1 aliphatic rings. The Morgan fingerprint density at radius 2 is 1.67 bits per heavy atom. The Morgan fingerprint density at radius 3 is 2.40 bits per heavy atom. The monoisotopic (exact) mass is 404 g/mol. The number of hydrogen-bond donors (Lipinski definition) is 0. The maximum atomic E-state index is 14.6. The Hall–Kier alpha value is -3.34. The van der Waals surface area contributed by atoms with Crippen LogP contribution in [0.25, 0.3) is 0 Å². The highest BCUT2D eigenvalue weighted by molar-refractivity contribution is 5.84. The smallest absolute Gasteiger partial charge is 0.147 e. The molecule has 0 amide bonds. The van der Waals surface area contributed by atoms with Gasteiger partial charge in [-0.05, 0) is 79.4 Å². The van der Waals surface area contributed by atoms with E-state index in [1.165, 1.54) is 0 Å². The molecule has 4 rings (SSSR count). The molecule has 0 saturated carbocycles. The third-order valence-corrected chi connectivity index (χ3v) is 5.25. The minimum atomic E-state index is -0.189. The Labute approximate surface area is 176 Å². The number of methoxy groups -OCH3 is 1. The molecule has 0 unspecified atom stereocenters. The Bertz CT molecular complexity index is 1040. The summed E-state index contributed by atoms with van der Waals surface area (Å²) < 4.78 is 25.7. The average molecular weight is 404 g/mol. The molecular formula is C25H25FN2O2. The van der Waals surface area contributed by atoms with Crippen molar-refractivity contribution < 1.29 is 13.9 Å². The molecule has 1 saturated heterocycles. The van der Waals surface area contributed by atoms with Gasteiger partial charge in [-0.3, -0.25) is 4.99 Å². The molecule has 1 fully saturated rings. The fraction of sp³-hybridized carbons (Fsp3) is 0.240. The molecule has 0 N–H and O–H groups in total. The number of rotatable bonds is 6. The van der Waals surface area contributed by atoms with Gasteiger partial charge in [0.25, 0.3) is 0 Å². The van der Waals surface area contributed by atoms with Gasteiger partial charge in [0.05, 0.1) is 18.5 Å². The zero-order chi connectivity index (χ0) is 20.9. The van der Waals surface area contributed by atoms with Crippen molar-refractivity contribution in [2.45, 2.75) is 19.8 Å². The predicted octanol–water partition coefficient (Wildman–Crippen LogP) is 6.29. The Kier molecular flexibility index (Phi) is 5.98. The summed E-state index contributed by atoms with van der Waals surface area (Å²) >= 11 is 0. The standard InChI is InChI=1S/C25H25FN2O2/c1-18-14-25(28-12-3-4-13-28)24(26)15-19(18)17-27-20-8-10-21(11-9-20)30-23-7-5-6-22(16-23)29-2/h5-11,14-17H,3-4,12-13H2,1-2H3. The third-order valence-electron chi connectivity index (χ3n) is 5.25. The lowest BCUT2D eigenvalue weighted by atomic mass is 10.1. The van der Waals surface area contributed by atoms with Crippen LogP contribution in [0.2, 0.25) is 0 Å². The van der Waals surface area contributed by atoms with Crippen molar-refractivity contribution in [3.63, 3.8) is 0 Å². The van der Waals surface area contributed by atoms with Crippen LogP contribution in [0.3, 0.4) is 0 Å². The topological polar surface area (TPSA) is 34.1 Å². The molecule has 1 heterocycles. The highest BCUT2D eigenvalue weighted by Gasteiger charge is 2.17. The summed E-state index contributed by atoms with van der Waals surface area (Å²) in [5.74, 6) is 1.97. The second-order valence-corrected chi connectivity index (χ2v) is 7.39. The highest BCUT2D eigenvalue weighted by Crippen LogP contribution is 2.28. The molecule has 0 spiro atoms. The number of aliphatic imine (C=N–C) groups is 1. The normalized spacial score (nSPS) is 13.8. The highest BCUT2D eigenvalue weighted by atomic mass is 19.1. The molecule has 0 atom stereocenters. The summed E-state index contributed by atoms with van der Waals surface area (Å²) in [6.07, 6.45) is 3.96. The molecule has 5 heteroatoms. The van der Waals surface area contributed by atoms with Gasteiger partial charge in [0.1, 0.15) is 23.1 Å². The summed E-state index contributed by atoms with van der Waals surface area (Å²) in [6.45, 7) is 3.84. The van der Waals surface area contributed by atoms with Crippen molar-refractivity contribution in [2.75, 3.05) is 25.1 Å². The summed E-state index contributed by atoms with van der Waals surface area (Å²) in [5.41, 5.74) is 3.27. The second-order valence-electron chi connectivity index (χ2n) is 7.39. The van der Waals surface area contributed by atoms with Crippen molar-refractivity contribution >= 4 is 17.6 Å². The lowest BCUT2D eigenvalue weighted by Crippen LogP contribution is -2.19. The zero-order valence-electron chi connectivity index (χ0n) is 17.3. The van der Waals surface area contributed by atoms with Crippen LogP contribution in [-0.2, 0) is 0 Å². The van der Waals surface area contributed by atoms with E-state index in [4.69, 9.17) is 9.47 Å². The van der Waals surface area contributed by atoms with Gasteiger partial charge in [0.2, 0.25) is 0 Å². The van der Waals surface area contributed by atoms with Crippen molar-refractivity contribution in [3.8, 4) is 17.2 Å². The number of anilines is 1. The van der Waals surface area contributed by atoms with Gasteiger partial charge in [-0.1, -0.05) is 6.07 Å². The van der Waals surface area contributed by atoms with E-state index in [0.717, 1.165) is 48.5 Å². The van der Waals surface area contributed by atoms with E-state index in [-0.39, 0.29) is 5.82 Å². The van der Waals surface area contributed by atoms with Gasteiger partial charge >= 0.3 is 0 Å². The Balaban J connectivity index is 1.45. The van der Waals surface area contributed by atoms with E-state index in [2.05, 4.69) is 9.89 Å². The summed E-state index contributed by atoms with van der Waals surface area (Å²) in [4.78, 5) is 6.62. The molecule has 0 aliphatic carbocycles. The molecule has 3 aromatic rings. The van der Waals surface area contributed by atoms with Crippen molar-refractivity contribution in [3.05, 3.63) is 77.6 Å². The zero-order valence-corrected chi connectivity index (χ0v) is 17.3. The van der Waals surface area contributed by atoms with Crippen LogP contribution in [0.15, 0.2) is 65.7 Å². The fourth-order valence-electron chi connectivity index (χ4n) is 3.57. The van der Waals surface area contributed by atoms with Crippen LogP contribution in [0, 0.1) is 12.7 Å². The van der Waals surface area contributed by atoms with Crippen molar-refractivity contribution in [1.29, 1.82) is 0 Å². The van der Waals surface area contributed by atoms with E-state index >= 15 is 0 Å². The van der Waals surface area contributed by atoms with E-state index in [0.29, 0.717) is 17.2 Å². The lowest BCUT2D eigenvalue weighted by molar-refractivity contribution is 0.409. The van der Waals surface area contributed by atoms with Crippen LogP contribution in [0.4, 0.5) is 15.8 Å². The summed E-state index contributed by atoms with van der Waals surface area (Å²) in [5, 5.41) is 0. The molecule has 4 nitrogen and oxygen atoms in total. The van der Waals surface area contributed by atoms with E-state index in [1.54, 1.807) is 19.4 Å². The molecule has 30 heavy (non-hydrogen) atoms. The summed E-state index contributed by atoms with van der Waals surface area (Å²) in [7, 11) is 1.62. The quantitative estimate of drug-likeness (QED) is 0.453. The molecule has 1 aliphatic heterocycles. The minimum absolute atomic E-state index is 0.189. The first-order valence-electron chi connectivity index (χ1n) is 10.1. The van der Waals surface area contributed by atoms with E-state index in [9.17, 15) is 4.39 Å². The van der Waals surface area contributed by atoms with Crippen LogP contribution < -0.4 is 14.4 Å². The largest absolute Gasteiger partial charge is 0.497 e. The predicted molar refractivity (Wildman–Crippen MR) is 119 cm³/mol. The van der Waals surface area contributed by atoms with Gasteiger partial charge < -0.3 is 14.4 Å². The van der Waals surface area contributed by atoms with Crippen molar-refractivity contribution in [1.82, 2.24) is 0 Å². The van der Waals surface area contributed by atoms with Crippen LogP contribution >= 0.6 is 0 Å². The first-order valence-corrected chi connectivity index (χ1v) is 10.1. The minimum Gasteiger partial charge on any atom is -0.497 e. The number of hydrogen-bond acceptors (Lipinski definition) is 4. The first-order chi connectivity index (χ1) is 14.6. The van der Waals surface area contributed by atoms with Gasteiger partial charge in [-0.25, -0.2) is 4.39 Å². The summed E-state index contributed by atoms with van der Waals surface area (Å²) in [6, 6.07) is 18.4. The number of aryl methyl sites for hydroxylation is 1. The number of nitrogens with zero attached hydrogens (tertiary/aromatic N) is 2. The van der Waals surface area contributed by atoms with Crippen molar-refractivity contribution in [2.24, 2.45) is 4.99 Å². The second kappa shape index (κ2) is 8.99. The molecule has 3 aromatic carbocycles. The molecule has 0 radical (unpaired) electrons. The maximum Gasteiger partial charge on any atom is 0.147 e. The number of benzene rings is 3. The van der Waals surface area contributed by atoms with Crippen LogP contribution in [0.5, 0.6) is 17.2 Å². The van der Waals surface area contributed by atoms with Crippen LogP contribution in [-0.4, -0.2) is 26.4 Å². The van der Waals surface area contributed by atoms with E-state index in [1.807, 2.05) is 61.5 Å².